The molecule has 0 aliphatic rings. The topological polar surface area (TPSA) is 49.4 Å². The van der Waals surface area contributed by atoms with Crippen LogP contribution in [0.25, 0.3) is 0 Å². The number of amides is 2. The van der Waals surface area contributed by atoms with Crippen molar-refractivity contribution in [3.8, 4) is 0 Å². The molecular formula is C16H22F2N2O2. The van der Waals surface area contributed by atoms with Gasteiger partial charge in [-0.3, -0.25) is 9.59 Å². The van der Waals surface area contributed by atoms with Crippen LogP contribution in [0.4, 0.5) is 14.5 Å². The van der Waals surface area contributed by atoms with Gasteiger partial charge in [-0.25, -0.2) is 8.78 Å². The molecule has 0 radical (unpaired) electrons. The van der Waals surface area contributed by atoms with Gasteiger partial charge in [0.2, 0.25) is 0 Å². The number of hydrogen-bond donors (Lipinski definition) is 1. The molecule has 4 nitrogen and oxygen atoms in total. The number of anilines is 1. The summed E-state index contributed by atoms with van der Waals surface area (Å²) in [5.74, 6) is -3.59. The van der Waals surface area contributed by atoms with Gasteiger partial charge in [-0.1, -0.05) is 32.8 Å². The number of halogens is 2. The van der Waals surface area contributed by atoms with Crippen molar-refractivity contribution in [3.63, 3.8) is 0 Å². The predicted molar refractivity (Wildman–Crippen MR) is 81.4 cm³/mol. The highest BCUT2D eigenvalue weighted by Crippen LogP contribution is 2.18. The van der Waals surface area contributed by atoms with E-state index in [0.29, 0.717) is 13.1 Å². The zero-order valence-electron chi connectivity index (χ0n) is 13.0. The molecule has 0 atom stereocenters. The van der Waals surface area contributed by atoms with Gasteiger partial charge in [0.15, 0.2) is 0 Å². The lowest BCUT2D eigenvalue weighted by atomic mass is 10.2. The van der Waals surface area contributed by atoms with Crippen LogP contribution in [-0.4, -0.2) is 29.8 Å². The second kappa shape index (κ2) is 9.12. The fourth-order valence-corrected chi connectivity index (χ4v) is 1.94. The van der Waals surface area contributed by atoms with Crippen molar-refractivity contribution in [3.05, 3.63) is 29.8 Å². The second-order valence-corrected chi connectivity index (χ2v) is 5.05. The van der Waals surface area contributed by atoms with Crippen LogP contribution in [0.2, 0.25) is 0 Å². The van der Waals surface area contributed by atoms with E-state index in [1.54, 1.807) is 0 Å². The number of unbranched alkanes of at least 4 members (excludes halogenated alkanes) is 2. The van der Waals surface area contributed by atoms with Crippen LogP contribution >= 0.6 is 0 Å². The predicted octanol–water partition coefficient (Wildman–Crippen LogP) is 3.33. The van der Waals surface area contributed by atoms with Gasteiger partial charge >= 0.3 is 11.8 Å². The molecule has 0 bridgehead atoms. The lowest BCUT2D eigenvalue weighted by molar-refractivity contribution is -0.143. The molecule has 1 rings (SSSR count). The Bertz CT molecular complexity index is 493. The van der Waals surface area contributed by atoms with Gasteiger partial charge in [0.25, 0.3) is 0 Å². The van der Waals surface area contributed by atoms with E-state index < -0.39 is 29.1 Å². The molecule has 1 aromatic rings. The molecule has 0 aliphatic heterocycles. The molecule has 1 aromatic carbocycles. The Balaban J connectivity index is 2.78. The summed E-state index contributed by atoms with van der Waals surface area (Å²) in [7, 11) is 0. The molecule has 0 saturated carbocycles. The summed E-state index contributed by atoms with van der Waals surface area (Å²) in [5.41, 5.74) is -0.591. The smallest absolute Gasteiger partial charge is 0.314 e. The Labute approximate surface area is 129 Å². The van der Waals surface area contributed by atoms with E-state index in [1.165, 1.54) is 11.0 Å². The van der Waals surface area contributed by atoms with E-state index in [0.717, 1.165) is 37.8 Å². The van der Waals surface area contributed by atoms with Gasteiger partial charge in [0.05, 0.1) is 0 Å². The fraction of sp³-hybridized carbons (Fsp3) is 0.500. The van der Waals surface area contributed by atoms with Crippen molar-refractivity contribution in [2.24, 2.45) is 0 Å². The maximum Gasteiger partial charge on any atom is 0.314 e. The Morgan fingerprint density at radius 3 is 2.00 bits per heavy atom. The number of nitrogens with one attached hydrogen (secondary N) is 1. The summed E-state index contributed by atoms with van der Waals surface area (Å²) in [5, 5.41) is 2.03. The molecular weight excluding hydrogens is 290 g/mol. The minimum atomic E-state index is -1.02. The van der Waals surface area contributed by atoms with E-state index >= 15 is 0 Å². The van der Waals surface area contributed by atoms with Crippen LogP contribution in [0.3, 0.4) is 0 Å². The first-order valence-electron chi connectivity index (χ1n) is 7.55. The first-order chi connectivity index (χ1) is 10.5. The zero-order valence-corrected chi connectivity index (χ0v) is 13.0. The molecule has 1 N–H and O–H groups in total. The van der Waals surface area contributed by atoms with Crippen molar-refractivity contribution in [2.75, 3.05) is 18.4 Å². The normalized spacial score (nSPS) is 10.4. The molecule has 0 aromatic heterocycles. The average molecular weight is 312 g/mol. The standard InChI is InChI=1S/C16H22F2N2O2/c1-3-5-10-20(11-6-4-2)16(22)15(21)19-14-12(17)8-7-9-13(14)18/h7-9H,3-6,10-11H2,1-2H3,(H,19,21). The molecule has 0 heterocycles. The molecule has 0 spiro atoms. The third-order valence-corrected chi connectivity index (χ3v) is 3.25. The third-order valence-electron chi connectivity index (χ3n) is 3.25. The zero-order chi connectivity index (χ0) is 16.5. The number of carbonyl (C=O) groups is 2. The molecule has 0 aliphatic carbocycles. The van der Waals surface area contributed by atoms with Crippen LogP contribution in [0, 0.1) is 11.6 Å². The fourth-order valence-electron chi connectivity index (χ4n) is 1.94. The summed E-state index contributed by atoms with van der Waals surface area (Å²) >= 11 is 0. The average Bonchev–Trinajstić information content (AvgIpc) is 2.50. The van der Waals surface area contributed by atoms with Crippen LogP contribution in [0.1, 0.15) is 39.5 Å². The lowest BCUT2D eigenvalue weighted by Gasteiger charge is -2.21. The van der Waals surface area contributed by atoms with Gasteiger partial charge in [-0.15, -0.1) is 0 Å². The highest BCUT2D eigenvalue weighted by Gasteiger charge is 2.23. The molecule has 122 valence electrons. The first kappa shape index (κ1) is 18.1. The van der Waals surface area contributed by atoms with E-state index in [4.69, 9.17) is 0 Å². The Morgan fingerprint density at radius 2 is 1.55 bits per heavy atom. The van der Waals surface area contributed by atoms with E-state index in [2.05, 4.69) is 0 Å². The van der Waals surface area contributed by atoms with E-state index in [-0.39, 0.29) is 0 Å². The quantitative estimate of drug-likeness (QED) is 0.785. The molecule has 22 heavy (non-hydrogen) atoms. The van der Waals surface area contributed by atoms with Gasteiger partial charge in [-0.2, -0.15) is 0 Å². The Kier molecular flexibility index (Phi) is 7.49. The van der Waals surface area contributed by atoms with Crippen molar-refractivity contribution in [2.45, 2.75) is 39.5 Å². The van der Waals surface area contributed by atoms with Gasteiger partial charge in [-0.05, 0) is 25.0 Å². The van der Waals surface area contributed by atoms with Crippen LogP contribution < -0.4 is 5.32 Å². The number of carbonyl (C=O) groups excluding carboxylic acids is 2. The van der Waals surface area contributed by atoms with Crippen molar-refractivity contribution in [1.29, 1.82) is 0 Å². The van der Waals surface area contributed by atoms with Crippen molar-refractivity contribution >= 4 is 17.5 Å². The third kappa shape index (κ3) is 5.09. The SMILES string of the molecule is CCCCN(CCCC)C(=O)C(=O)Nc1c(F)cccc1F. The molecule has 2 amide bonds. The largest absolute Gasteiger partial charge is 0.334 e. The number of para-hydroxylation sites is 1. The summed E-state index contributed by atoms with van der Waals surface area (Å²) in [6.45, 7) is 4.89. The summed E-state index contributed by atoms with van der Waals surface area (Å²) < 4.78 is 27.0. The minimum Gasteiger partial charge on any atom is -0.334 e. The van der Waals surface area contributed by atoms with Crippen molar-refractivity contribution < 1.29 is 18.4 Å². The Hall–Kier alpha value is -1.98. The van der Waals surface area contributed by atoms with Crippen molar-refractivity contribution in [1.82, 2.24) is 4.90 Å². The van der Waals surface area contributed by atoms with Gasteiger partial charge in [0, 0.05) is 13.1 Å². The Morgan fingerprint density at radius 1 is 1.05 bits per heavy atom. The van der Waals surface area contributed by atoms with Gasteiger partial charge in [0.1, 0.15) is 17.3 Å². The van der Waals surface area contributed by atoms with Crippen LogP contribution in [0.15, 0.2) is 18.2 Å². The summed E-state index contributed by atoms with van der Waals surface area (Å²) in [6.07, 6.45) is 3.33. The number of hydrogen-bond acceptors (Lipinski definition) is 2. The maximum atomic E-state index is 13.5. The summed E-state index contributed by atoms with van der Waals surface area (Å²) in [4.78, 5) is 25.5. The number of nitrogens with zero attached hydrogens (tertiary/aromatic N) is 1. The second-order valence-electron chi connectivity index (χ2n) is 5.05. The van der Waals surface area contributed by atoms with Crippen LogP contribution in [0.5, 0.6) is 0 Å². The van der Waals surface area contributed by atoms with E-state index in [1.807, 2.05) is 19.2 Å². The molecule has 0 saturated heterocycles. The molecule has 0 fully saturated rings. The summed E-state index contributed by atoms with van der Waals surface area (Å²) in [6, 6.07) is 3.24. The lowest BCUT2D eigenvalue weighted by Crippen LogP contribution is -2.41. The highest BCUT2D eigenvalue weighted by atomic mass is 19.1. The van der Waals surface area contributed by atoms with Crippen LogP contribution in [-0.2, 0) is 9.59 Å². The molecule has 0 unspecified atom stereocenters. The maximum absolute atomic E-state index is 13.5. The first-order valence-corrected chi connectivity index (χ1v) is 7.55. The number of benzene rings is 1. The van der Waals surface area contributed by atoms with Gasteiger partial charge < -0.3 is 10.2 Å². The van der Waals surface area contributed by atoms with E-state index in [9.17, 15) is 18.4 Å². The molecule has 6 heteroatoms. The minimum absolute atomic E-state index is 0.461. The number of rotatable bonds is 7. The highest BCUT2D eigenvalue weighted by molar-refractivity contribution is 6.39. The monoisotopic (exact) mass is 312 g/mol.